The highest BCUT2D eigenvalue weighted by atomic mass is 16.3. The maximum absolute atomic E-state index is 9.58. The molecule has 0 atom stereocenters. The van der Waals surface area contributed by atoms with E-state index < -0.39 is 0 Å². The molecule has 2 heterocycles. The van der Waals surface area contributed by atoms with E-state index in [9.17, 15) is 5.11 Å². The van der Waals surface area contributed by atoms with Crippen LogP contribution in [0.1, 0.15) is 58.8 Å². The number of aliphatic hydroxyl groups is 1. The van der Waals surface area contributed by atoms with E-state index in [0.29, 0.717) is 6.04 Å². The standard InChI is InChI=1S/C20H41N5O/c1-3-5-12-24-14-7-18(8-15-24)23-20(21-4-2)22-11-6-13-25-16-9-19(26)10-17-25/h18-19,26H,3-17H2,1-2H3,(H2,21,22,23). The van der Waals surface area contributed by atoms with Crippen molar-refractivity contribution in [2.24, 2.45) is 4.99 Å². The second-order valence-electron chi connectivity index (χ2n) is 7.80. The molecule has 0 aliphatic carbocycles. The molecular formula is C20H41N5O. The molecule has 0 saturated carbocycles. The van der Waals surface area contributed by atoms with Crippen molar-refractivity contribution in [3.63, 3.8) is 0 Å². The Labute approximate surface area is 160 Å². The SMILES string of the molecule is CCCCN1CCC(NC(=NCCCN2CCC(O)CC2)NCC)CC1. The first kappa shape index (κ1) is 21.5. The second kappa shape index (κ2) is 12.5. The van der Waals surface area contributed by atoms with Crippen molar-refractivity contribution in [1.29, 1.82) is 0 Å². The fourth-order valence-corrected chi connectivity index (χ4v) is 3.82. The highest BCUT2D eigenvalue weighted by molar-refractivity contribution is 5.80. The Balaban J connectivity index is 1.65. The summed E-state index contributed by atoms with van der Waals surface area (Å²) in [5, 5.41) is 16.6. The van der Waals surface area contributed by atoms with E-state index in [4.69, 9.17) is 4.99 Å². The van der Waals surface area contributed by atoms with Crippen LogP contribution in [0.25, 0.3) is 0 Å². The molecule has 2 fully saturated rings. The molecular weight excluding hydrogens is 326 g/mol. The fourth-order valence-electron chi connectivity index (χ4n) is 3.82. The highest BCUT2D eigenvalue weighted by Crippen LogP contribution is 2.11. The Morgan fingerprint density at radius 1 is 0.962 bits per heavy atom. The number of nitrogens with one attached hydrogen (secondary N) is 2. The van der Waals surface area contributed by atoms with Gasteiger partial charge in [-0.05, 0) is 58.5 Å². The summed E-state index contributed by atoms with van der Waals surface area (Å²) in [6.07, 6.45) is 7.87. The van der Waals surface area contributed by atoms with Gasteiger partial charge >= 0.3 is 0 Å². The Hall–Kier alpha value is -0.850. The summed E-state index contributed by atoms with van der Waals surface area (Å²) in [4.78, 5) is 9.83. The molecule has 0 aromatic carbocycles. The van der Waals surface area contributed by atoms with Crippen molar-refractivity contribution in [3.05, 3.63) is 0 Å². The molecule has 0 bridgehead atoms. The first-order valence-electron chi connectivity index (χ1n) is 10.9. The second-order valence-corrected chi connectivity index (χ2v) is 7.80. The van der Waals surface area contributed by atoms with Gasteiger partial charge in [-0.25, -0.2) is 0 Å². The van der Waals surface area contributed by atoms with Gasteiger partial charge in [-0.2, -0.15) is 0 Å². The number of likely N-dealkylation sites (tertiary alicyclic amines) is 2. The van der Waals surface area contributed by atoms with Crippen LogP contribution in [0, 0.1) is 0 Å². The van der Waals surface area contributed by atoms with Gasteiger partial charge in [0, 0.05) is 45.3 Å². The van der Waals surface area contributed by atoms with Crippen molar-refractivity contribution in [2.45, 2.75) is 70.9 Å². The lowest BCUT2D eigenvalue weighted by Gasteiger charge is -2.33. The van der Waals surface area contributed by atoms with E-state index in [-0.39, 0.29) is 6.10 Å². The lowest BCUT2D eigenvalue weighted by atomic mass is 10.0. The molecule has 2 rings (SSSR count). The van der Waals surface area contributed by atoms with Crippen molar-refractivity contribution >= 4 is 5.96 Å². The predicted molar refractivity (Wildman–Crippen MR) is 110 cm³/mol. The third-order valence-electron chi connectivity index (χ3n) is 5.56. The summed E-state index contributed by atoms with van der Waals surface area (Å²) in [7, 11) is 0. The number of rotatable bonds is 9. The third kappa shape index (κ3) is 8.23. The Morgan fingerprint density at radius 3 is 2.19 bits per heavy atom. The summed E-state index contributed by atoms with van der Waals surface area (Å²) in [6.45, 7) is 13.0. The number of hydrogen-bond donors (Lipinski definition) is 3. The molecule has 0 aromatic rings. The molecule has 3 N–H and O–H groups in total. The van der Waals surface area contributed by atoms with Gasteiger partial charge in [-0.3, -0.25) is 4.99 Å². The summed E-state index contributed by atoms with van der Waals surface area (Å²) in [5.74, 6) is 0.980. The van der Waals surface area contributed by atoms with Crippen LogP contribution in [0.4, 0.5) is 0 Å². The molecule has 0 unspecified atom stereocenters. The minimum atomic E-state index is -0.0813. The number of unbranched alkanes of at least 4 members (excludes halogenated alkanes) is 1. The Kier molecular flexibility index (Phi) is 10.3. The molecule has 2 saturated heterocycles. The normalized spacial score (nSPS) is 21.9. The monoisotopic (exact) mass is 367 g/mol. The average Bonchev–Trinajstić information content (AvgIpc) is 2.66. The quantitative estimate of drug-likeness (QED) is 0.329. The number of guanidine groups is 1. The minimum absolute atomic E-state index is 0.0813. The lowest BCUT2D eigenvalue weighted by Crippen LogP contribution is -2.48. The van der Waals surface area contributed by atoms with Crippen LogP contribution in [0.3, 0.4) is 0 Å². The zero-order valence-corrected chi connectivity index (χ0v) is 17.1. The topological polar surface area (TPSA) is 63.1 Å². The van der Waals surface area contributed by atoms with E-state index in [1.54, 1.807) is 0 Å². The zero-order valence-electron chi connectivity index (χ0n) is 17.1. The summed E-state index contributed by atoms with van der Waals surface area (Å²) < 4.78 is 0. The van der Waals surface area contributed by atoms with Crippen molar-refractivity contribution in [1.82, 2.24) is 20.4 Å². The molecule has 152 valence electrons. The smallest absolute Gasteiger partial charge is 0.191 e. The van der Waals surface area contributed by atoms with Crippen LogP contribution in [0.5, 0.6) is 0 Å². The zero-order chi connectivity index (χ0) is 18.6. The van der Waals surface area contributed by atoms with Gasteiger partial charge in [-0.1, -0.05) is 13.3 Å². The van der Waals surface area contributed by atoms with Crippen LogP contribution in [-0.4, -0.2) is 85.4 Å². The first-order chi connectivity index (χ1) is 12.7. The maximum Gasteiger partial charge on any atom is 0.191 e. The third-order valence-corrected chi connectivity index (χ3v) is 5.56. The average molecular weight is 368 g/mol. The van der Waals surface area contributed by atoms with Gasteiger partial charge in [0.25, 0.3) is 0 Å². The largest absolute Gasteiger partial charge is 0.393 e. The van der Waals surface area contributed by atoms with Gasteiger partial charge in [-0.15, -0.1) is 0 Å². The van der Waals surface area contributed by atoms with Crippen molar-refractivity contribution < 1.29 is 5.11 Å². The minimum Gasteiger partial charge on any atom is -0.393 e. The van der Waals surface area contributed by atoms with E-state index >= 15 is 0 Å². The number of hydrogen-bond acceptors (Lipinski definition) is 4. The highest BCUT2D eigenvalue weighted by Gasteiger charge is 2.19. The molecule has 2 aliphatic heterocycles. The molecule has 0 aromatic heterocycles. The predicted octanol–water partition coefficient (Wildman–Crippen LogP) is 1.65. The van der Waals surface area contributed by atoms with Crippen molar-refractivity contribution in [2.75, 3.05) is 52.4 Å². The van der Waals surface area contributed by atoms with Crippen LogP contribution in [-0.2, 0) is 0 Å². The summed E-state index contributed by atoms with van der Waals surface area (Å²) >= 11 is 0. The van der Waals surface area contributed by atoms with Gasteiger partial charge < -0.3 is 25.5 Å². The molecule has 2 aliphatic rings. The molecule has 6 heteroatoms. The fraction of sp³-hybridized carbons (Fsp3) is 0.950. The maximum atomic E-state index is 9.58. The molecule has 26 heavy (non-hydrogen) atoms. The molecule has 0 spiro atoms. The van der Waals surface area contributed by atoms with E-state index in [0.717, 1.165) is 57.9 Å². The first-order valence-corrected chi connectivity index (χ1v) is 10.9. The van der Waals surface area contributed by atoms with Crippen LogP contribution in [0.2, 0.25) is 0 Å². The summed E-state index contributed by atoms with van der Waals surface area (Å²) in [6, 6.07) is 0.550. The van der Waals surface area contributed by atoms with Crippen molar-refractivity contribution in [3.8, 4) is 0 Å². The van der Waals surface area contributed by atoms with Crippen LogP contribution in [0.15, 0.2) is 4.99 Å². The van der Waals surface area contributed by atoms with Gasteiger partial charge in [0.15, 0.2) is 5.96 Å². The van der Waals surface area contributed by atoms with Gasteiger partial charge in [0.05, 0.1) is 6.10 Å². The van der Waals surface area contributed by atoms with E-state index in [1.807, 2.05) is 0 Å². The number of piperidine rings is 2. The molecule has 6 nitrogen and oxygen atoms in total. The Morgan fingerprint density at radius 2 is 1.58 bits per heavy atom. The molecule has 0 radical (unpaired) electrons. The lowest BCUT2D eigenvalue weighted by molar-refractivity contribution is 0.0824. The van der Waals surface area contributed by atoms with Crippen LogP contribution >= 0.6 is 0 Å². The van der Waals surface area contributed by atoms with E-state index in [2.05, 4.69) is 34.3 Å². The number of aliphatic hydroxyl groups excluding tert-OH is 1. The summed E-state index contributed by atoms with van der Waals surface area (Å²) in [5.41, 5.74) is 0. The Bertz CT molecular complexity index is 388. The molecule has 0 amide bonds. The van der Waals surface area contributed by atoms with Gasteiger partial charge in [0.2, 0.25) is 0 Å². The number of nitrogens with zero attached hydrogens (tertiary/aromatic N) is 3. The number of aliphatic imine (C=N–C) groups is 1. The van der Waals surface area contributed by atoms with Crippen LogP contribution < -0.4 is 10.6 Å². The van der Waals surface area contributed by atoms with Gasteiger partial charge in [0.1, 0.15) is 0 Å². The van der Waals surface area contributed by atoms with E-state index in [1.165, 1.54) is 45.3 Å².